The molecule has 3 heterocycles. The SMILES string of the molecule is CN(C(=O)C1NNC2CCN(C(=O)C3CC4C(Cl)CCCC4N3)CC21)C1CC1. The Bertz CT molecular complexity index is 644. The van der Waals surface area contributed by atoms with Gasteiger partial charge < -0.3 is 15.1 Å². The van der Waals surface area contributed by atoms with Gasteiger partial charge in [0, 0.05) is 49.6 Å². The van der Waals surface area contributed by atoms with E-state index in [1.165, 1.54) is 0 Å². The molecule has 0 aromatic rings. The van der Waals surface area contributed by atoms with E-state index < -0.39 is 0 Å². The molecule has 156 valence electrons. The second kappa shape index (κ2) is 7.42. The normalized spacial score (nSPS) is 42.8. The number of hydrazine groups is 1. The highest BCUT2D eigenvalue weighted by molar-refractivity contribution is 6.20. The van der Waals surface area contributed by atoms with E-state index in [2.05, 4.69) is 16.2 Å². The fraction of sp³-hybridized carbons (Fsp3) is 0.900. The van der Waals surface area contributed by atoms with Gasteiger partial charge in [-0.05, 0) is 44.4 Å². The maximum atomic E-state index is 13.3. The number of fused-ring (bicyclic) bond motifs is 2. The van der Waals surface area contributed by atoms with Crippen molar-refractivity contribution >= 4 is 23.4 Å². The van der Waals surface area contributed by atoms with Gasteiger partial charge in [-0.1, -0.05) is 6.42 Å². The summed E-state index contributed by atoms with van der Waals surface area (Å²) in [4.78, 5) is 30.1. The maximum Gasteiger partial charge on any atom is 0.241 e. The Kier molecular flexibility index (Phi) is 5.06. The van der Waals surface area contributed by atoms with Gasteiger partial charge in [-0.15, -0.1) is 11.6 Å². The molecule has 7 unspecified atom stereocenters. The highest BCUT2D eigenvalue weighted by atomic mass is 35.5. The lowest BCUT2D eigenvalue weighted by atomic mass is 9.84. The number of hydrogen-bond acceptors (Lipinski definition) is 5. The van der Waals surface area contributed by atoms with E-state index >= 15 is 0 Å². The molecular weight excluding hydrogens is 378 g/mol. The molecule has 5 aliphatic rings. The first-order valence-electron chi connectivity index (χ1n) is 11.0. The summed E-state index contributed by atoms with van der Waals surface area (Å²) in [5.41, 5.74) is 6.54. The van der Waals surface area contributed by atoms with Gasteiger partial charge in [-0.2, -0.15) is 0 Å². The molecule has 3 N–H and O–H groups in total. The fourth-order valence-corrected chi connectivity index (χ4v) is 6.26. The van der Waals surface area contributed by atoms with Crippen molar-refractivity contribution in [2.45, 2.75) is 80.5 Å². The second-order valence-electron chi connectivity index (χ2n) is 9.46. The Morgan fingerprint density at radius 2 is 1.86 bits per heavy atom. The Balaban J connectivity index is 1.23. The highest BCUT2D eigenvalue weighted by Crippen LogP contribution is 2.37. The third kappa shape index (κ3) is 3.34. The summed E-state index contributed by atoms with van der Waals surface area (Å²) in [5, 5.41) is 3.77. The predicted octanol–water partition coefficient (Wildman–Crippen LogP) is 0.439. The number of likely N-dealkylation sites (N-methyl/N-ethyl adjacent to an activating group) is 1. The van der Waals surface area contributed by atoms with Crippen LogP contribution in [-0.4, -0.2) is 77.3 Å². The summed E-state index contributed by atoms with van der Waals surface area (Å²) in [6.07, 6.45) is 7.29. The minimum Gasteiger partial charge on any atom is -0.341 e. The van der Waals surface area contributed by atoms with Gasteiger partial charge in [0.15, 0.2) is 0 Å². The molecule has 7 atom stereocenters. The molecule has 5 fully saturated rings. The monoisotopic (exact) mass is 409 g/mol. The number of nitrogens with zero attached hydrogens (tertiary/aromatic N) is 2. The van der Waals surface area contributed by atoms with Gasteiger partial charge in [0.05, 0.1) is 6.04 Å². The molecule has 2 saturated carbocycles. The van der Waals surface area contributed by atoms with Crippen LogP contribution in [0.3, 0.4) is 0 Å². The quantitative estimate of drug-likeness (QED) is 0.590. The zero-order valence-electron chi connectivity index (χ0n) is 16.6. The largest absolute Gasteiger partial charge is 0.341 e. The van der Waals surface area contributed by atoms with Crippen LogP contribution in [0.2, 0.25) is 0 Å². The molecule has 0 radical (unpaired) electrons. The van der Waals surface area contributed by atoms with Gasteiger partial charge in [-0.25, -0.2) is 5.43 Å². The second-order valence-corrected chi connectivity index (χ2v) is 10.0. The standard InChI is InChI=1S/C20H32ClN5O2/c1-25(11-5-6-11)20(28)18-13-10-26(8-7-16(13)23-24-18)19(27)17-9-12-14(21)3-2-4-15(12)22-17/h11-18,22-24H,2-10H2,1H3. The van der Waals surface area contributed by atoms with Crippen LogP contribution in [0.25, 0.3) is 0 Å². The summed E-state index contributed by atoms with van der Waals surface area (Å²) in [6, 6.07) is 0.703. The van der Waals surface area contributed by atoms with E-state index in [0.717, 1.165) is 51.5 Å². The van der Waals surface area contributed by atoms with Crippen molar-refractivity contribution in [3.05, 3.63) is 0 Å². The van der Waals surface area contributed by atoms with Crippen LogP contribution in [0.15, 0.2) is 0 Å². The predicted molar refractivity (Wildman–Crippen MR) is 107 cm³/mol. The Hall–Kier alpha value is -0.890. The van der Waals surface area contributed by atoms with Crippen molar-refractivity contribution in [1.82, 2.24) is 26.0 Å². The Morgan fingerprint density at radius 3 is 2.61 bits per heavy atom. The number of halogens is 1. The van der Waals surface area contributed by atoms with Crippen LogP contribution in [0.4, 0.5) is 0 Å². The first-order chi connectivity index (χ1) is 13.5. The number of alkyl halides is 1. The van der Waals surface area contributed by atoms with Gasteiger partial charge >= 0.3 is 0 Å². The zero-order chi connectivity index (χ0) is 19.4. The number of carbonyl (C=O) groups is 2. The van der Waals surface area contributed by atoms with E-state index in [0.29, 0.717) is 24.5 Å². The molecular formula is C20H32ClN5O2. The van der Waals surface area contributed by atoms with E-state index in [9.17, 15) is 9.59 Å². The summed E-state index contributed by atoms with van der Waals surface area (Å²) in [6.45, 7) is 1.40. The molecule has 2 aliphatic carbocycles. The van der Waals surface area contributed by atoms with Crippen molar-refractivity contribution < 1.29 is 9.59 Å². The molecule has 0 aromatic carbocycles. The zero-order valence-corrected chi connectivity index (χ0v) is 17.3. The molecule has 0 bridgehead atoms. The minimum absolute atomic E-state index is 0.114. The molecule has 0 spiro atoms. The lowest BCUT2D eigenvalue weighted by Gasteiger charge is -2.37. The average Bonchev–Trinajstić information content (AvgIpc) is 3.31. The number of amides is 2. The molecule has 5 rings (SSSR count). The van der Waals surface area contributed by atoms with E-state index in [1.807, 2.05) is 16.8 Å². The van der Waals surface area contributed by atoms with Gasteiger partial charge in [0.25, 0.3) is 0 Å². The summed E-state index contributed by atoms with van der Waals surface area (Å²) >= 11 is 6.54. The Morgan fingerprint density at radius 1 is 1.04 bits per heavy atom. The molecule has 8 heteroatoms. The number of nitrogens with one attached hydrogen (secondary N) is 3. The fourth-order valence-electron chi connectivity index (χ4n) is 5.83. The van der Waals surface area contributed by atoms with Gasteiger partial charge in [0.1, 0.15) is 6.04 Å². The molecule has 0 aromatic heterocycles. The number of hydrogen-bond donors (Lipinski definition) is 3. The van der Waals surface area contributed by atoms with Crippen molar-refractivity contribution in [3.8, 4) is 0 Å². The van der Waals surface area contributed by atoms with Crippen LogP contribution in [0.5, 0.6) is 0 Å². The maximum absolute atomic E-state index is 13.3. The van der Waals surface area contributed by atoms with Crippen LogP contribution < -0.4 is 16.2 Å². The Labute approximate surface area is 171 Å². The van der Waals surface area contributed by atoms with Crippen LogP contribution in [0.1, 0.15) is 44.9 Å². The van der Waals surface area contributed by atoms with Crippen LogP contribution >= 0.6 is 11.6 Å². The van der Waals surface area contributed by atoms with Crippen molar-refractivity contribution in [1.29, 1.82) is 0 Å². The number of piperidine rings is 1. The third-order valence-corrected chi connectivity index (χ3v) is 8.27. The number of likely N-dealkylation sites (tertiary alicyclic amines) is 1. The summed E-state index contributed by atoms with van der Waals surface area (Å²) in [7, 11) is 1.91. The summed E-state index contributed by atoms with van der Waals surface area (Å²) in [5.74, 6) is 0.909. The molecule has 3 aliphatic heterocycles. The van der Waals surface area contributed by atoms with Crippen molar-refractivity contribution in [2.24, 2.45) is 11.8 Å². The first-order valence-corrected chi connectivity index (χ1v) is 11.4. The van der Waals surface area contributed by atoms with Crippen LogP contribution in [0, 0.1) is 11.8 Å². The summed E-state index contributed by atoms with van der Waals surface area (Å²) < 4.78 is 0. The average molecular weight is 410 g/mol. The van der Waals surface area contributed by atoms with E-state index in [1.54, 1.807) is 0 Å². The van der Waals surface area contributed by atoms with E-state index in [-0.39, 0.29) is 41.2 Å². The van der Waals surface area contributed by atoms with Gasteiger partial charge in [-0.3, -0.25) is 15.0 Å². The lowest BCUT2D eigenvalue weighted by molar-refractivity contribution is -0.138. The topological polar surface area (TPSA) is 76.7 Å². The molecule has 2 amide bonds. The molecule has 3 saturated heterocycles. The van der Waals surface area contributed by atoms with Gasteiger partial charge in [0.2, 0.25) is 11.8 Å². The van der Waals surface area contributed by atoms with Crippen molar-refractivity contribution in [2.75, 3.05) is 20.1 Å². The molecule has 7 nitrogen and oxygen atoms in total. The number of rotatable bonds is 3. The van der Waals surface area contributed by atoms with Crippen LogP contribution in [-0.2, 0) is 9.59 Å². The van der Waals surface area contributed by atoms with E-state index in [4.69, 9.17) is 11.6 Å². The highest BCUT2D eigenvalue weighted by Gasteiger charge is 2.48. The minimum atomic E-state index is -0.238. The molecule has 28 heavy (non-hydrogen) atoms. The number of carbonyl (C=O) groups excluding carboxylic acids is 2. The van der Waals surface area contributed by atoms with Crippen molar-refractivity contribution in [3.63, 3.8) is 0 Å². The first kappa shape index (κ1) is 19.1. The lowest BCUT2D eigenvalue weighted by Crippen LogP contribution is -2.55. The third-order valence-electron chi connectivity index (χ3n) is 7.73. The smallest absolute Gasteiger partial charge is 0.241 e.